The quantitative estimate of drug-likeness (QED) is 0.776. The Kier molecular flexibility index (Phi) is 6.07. The van der Waals surface area contributed by atoms with E-state index in [9.17, 15) is 4.79 Å². The Morgan fingerprint density at radius 2 is 1.73 bits per heavy atom. The van der Waals surface area contributed by atoms with Gasteiger partial charge in [0.25, 0.3) is 0 Å². The molecular formula is C22H28N2O2. The highest BCUT2D eigenvalue weighted by Gasteiger charge is 2.37. The molecule has 0 bridgehead atoms. The van der Waals surface area contributed by atoms with Crippen LogP contribution in [0.3, 0.4) is 0 Å². The summed E-state index contributed by atoms with van der Waals surface area (Å²) >= 11 is 0. The van der Waals surface area contributed by atoms with Crippen molar-refractivity contribution in [3.8, 4) is 0 Å². The smallest absolute Gasteiger partial charge is 0.185 e. The highest BCUT2D eigenvalue weighted by Crippen LogP contribution is 2.29. The Morgan fingerprint density at radius 3 is 2.38 bits per heavy atom. The van der Waals surface area contributed by atoms with Crippen LogP contribution in [0.25, 0.3) is 0 Å². The lowest BCUT2D eigenvalue weighted by atomic mass is 9.81. The molecule has 1 unspecified atom stereocenters. The van der Waals surface area contributed by atoms with Crippen LogP contribution in [0.5, 0.6) is 0 Å². The molecule has 0 aliphatic carbocycles. The van der Waals surface area contributed by atoms with E-state index in [2.05, 4.69) is 35.3 Å². The summed E-state index contributed by atoms with van der Waals surface area (Å²) in [4.78, 5) is 15.9. The van der Waals surface area contributed by atoms with Crippen LogP contribution in [-0.2, 0) is 11.2 Å². The van der Waals surface area contributed by atoms with Crippen LogP contribution in [0, 0.1) is 0 Å². The van der Waals surface area contributed by atoms with Gasteiger partial charge in [-0.25, -0.2) is 0 Å². The number of para-hydroxylation sites is 1. The normalized spacial score (nSPS) is 16.9. The third-order valence-electron chi connectivity index (χ3n) is 5.37. The Balaban J connectivity index is 1.95. The highest BCUT2D eigenvalue weighted by molar-refractivity contribution is 6.07. The van der Waals surface area contributed by atoms with Gasteiger partial charge in [0.15, 0.2) is 5.78 Å². The van der Waals surface area contributed by atoms with Gasteiger partial charge in [0, 0.05) is 24.3 Å². The van der Waals surface area contributed by atoms with E-state index in [0.29, 0.717) is 19.6 Å². The number of nitrogens with one attached hydrogen (secondary N) is 1. The number of morpholine rings is 1. The molecule has 0 spiro atoms. The molecule has 4 nitrogen and oxygen atoms in total. The maximum atomic E-state index is 13.7. The maximum Gasteiger partial charge on any atom is 0.185 e. The fourth-order valence-corrected chi connectivity index (χ4v) is 3.69. The Morgan fingerprint density at radius 1 is 1.08 bits per heavy atom. The zero-order valence-corrected chi connectivity index (χ0v) is 15.7. The molecule has 26 heavy (non-hydrogen) atoms. The molecule has 0 amide bonds. The van der Waals surface area contributed by atoms with Crippen molar-refractivity contribution < 1.29 is 9.53 Å². The van der Waals surface area contributed by atoms with Crippen LogP contribution >= 0.6 is 0 Å². The largest absolute Gasteiger partial charge is 0.378 e. The zero-order chi connectivity index (χ0) is 18.4. The van der Waals surface area contributed by atoms with E-state index in [1.54, 1.807) is 0 Å². The lowest BCUT2D eigenvalue weighted by Crippen LogP contribution is -2.52. The van der Waals surface area contributed by atoms with Crippen LogP contribution in [-0.4, -0.2) is 44.7 Å². The van der Waals surface area contributed by atoms with Crippen molar-refractivity contribution in [1.29, 1.82) is 0 Å². The molecule has 1 saturated heterocycles. The number of likely N-dealkylation sites (N-methyl/N-ethyl adjacent to an activating group) is 1. The number of carbonyl (C=O) groups excluding carboxylic acids is 1. The SMILES string of the molecule is CCC(Cc1ccccc1)(NC)C(=O)c1ccccc1N1CCOCC1. The van der Waals surface area contributed by atoms with Gasteiger partial charge in [0.05, 0.1) is 18.8 Å². The van der Waals surface area contributed by atoms with Crippen LogP contribution in [0.4, 0.5) is 5.69 Å². The third-order valence-corrected chi connectivity index (χ3v) is 5.37. The average molecular weight is 352 g/mol. The summed E-state index contributed by atoms with van der Waals surface area (Å²) in [5, 5.41) is 3.35. The monoisotopic (exact) mass is 352 g/mol. The number of anilines is 1. The van der Waals surface area contributed by atoms with E-state index in [1.807, 2.05) is 43.4 Å². The van der Waals surface area contributed by atoms with E-state index in [-0.39, 0.29) is 5.78 Å². The van der Waals surface area contributed by atoms with E-state index < -0.39 is 5.54 Å². The van der Waals surface area contributed by atoms with Gasteiger partial charge < -0.3 is 15.0 Å². The van der Waals surface area contributed by atoms with Crippen molar-refractivity contribution in [2.45, 2.75) is 25.3 Å². The van der Waals surface area contributed by atoms with Gasteiger partial charge in [-0.3, -0.25) is 4.79 Å². The maximum absolute atomic E-state index is 13.7. The standard InChI is InChI=1S/C22H28N2O2/c1-3-22(23-2,17-18-9-5-4-6-10-18)21(25)19-11-7-8-12-20(19)24-13-15-26-16-14-24/h4-12,23H,3,13-17H2,1-2H3. The molecule has 1 aliphatic rings. The number of ketones is 1. The molecule has 1 aliphatic heterocycles. The summed E-state index contributed by atoms with van der Waals surface area (Å²) in [7, 11) is 1.89. The minimum absolute atomic E-state index is 0.161. The van der Waals surface area contributed by atoms with Gasteiger partial charge in [0.1, 0.15) is 0 Å². The molecule has 0 aromatic heterocycles. The number of benzene rings is 2. The van der Waals surface area contributed by atoms with Gasteiger partial charge in [0.2, 0.25) is 0 Å². The average Bonchev–Trinajstić information content (AvgIpc) is 2.73. The van der Waals surface area contributed by atoms with Crippen molar-refractivity contribution in [3.05, 3.63) is 65.7 Å². The van der Waals surface area contributed by atoms with Gasteiger partial charge in [-0.1, -0.05) is 49.4 Å². The Hall–Kier alpha value is -2.17. The lowest BCUT2D eigenvalue weighted by Gasteiger charge is -2.35. The number of rotatable bonds is 7. The van der Waals surface area contributed by atoms with Crippen LogP contribution in [0.2, 0.25) is 0 Å². The number of Topliss-reactive ketones (excluding diaryl/α,β-unsaturated/α-hetero) is 1. The van der Waals surface area contributed by atoms with Crippen molar-refractivity contribution >= 4 is 11.5 Å². The number of carbonyl (C=O) groups is 1. The lowest BCUT2D eigenvalue weighted by molar-refractivity contribution is 0.0850. The molecule has 0 saturated carbocycles. The summed E-state index contributed by atoms with van der Waals surface area (Å²) in [6, 6.07) is 18.2. The summed E-state index contributed by atoms with van der Waals surface area (Å²) in [5.74, 6) is 0.161. The molecule has 0 radical (unpaired) electrons. The molecule has 4 heteroatoms. The topological polar surface area (TPSA) is 41.6 Å². The second-order valence-corrected chi connectivity index (χ2v) is 6.79. The number of ether oxygens (including phenoxy) is 1. The summed E-state index contributed by atoms with van der Waals surface area (Å²) < 4.78 is 5.47. The first kappa shape index (κ1) is 18.6. The second kappa shape index (κ2) is 8.47. The van der Waals surface area contributed by atoms with Gasteiger partial charge in [-0.05, 0) is 37.6 Å². The predicted molar refractivity (Wildman–Crippen MR) is 106 cm³/mol. The van der Waals surface area contributed by atoms with Crippen molar-refractivity contribution in [1.82, 2.24) is 5.32 Å². The number of hydrogen-bond donors (Lipinski definition) is 1. The molecule has 1 atom stereocenters. The van der Waals surface area contributed by atoms with E-state index in [0.717, 1.165) is 30.8 Å². The summed E-state index contributed by atoms with van der Waals surface area (Å²) in [6.07, 6.45) is 1.41. The summed E-state index contributed by atoms with van der Waals surface area (Å²) in [6.45, 7) is 5.13. The molecule has 1 fully saturated rings. The zero-order valence-electron chi connectivity index (χ0n) is 15.7. The Bertz CT molecular complexity index is 720. The summed E-state index contributed by atoms with van der Waals surface area (Å²) in [5.41, 5.74) is 2.37. The number of hydrogen-bond acceptors (Lipinski definition) is 4. The van der Waals surface area contributed by atoms with Crippen molar-refractivity contribution in [3.63, 3.8) is 0 Å². The molecule has 1 heterocycles. The van der Waals surface area contributed by atoms with Crippen molar-refractivity contribution in [2.24, 2.45) is 0 Å². The van der Waals surface area contributed by atoms with E-state index in [1.165, 1.54) is 5.56 Å². The molecule has 3 rings (SSSR count). The fraction of sp³-hybridized carbons (Fsp3) is 0.409. The molecule has 2 aromatic carbocycles. The van der Waals surface area contributed by atoms with Crippen molar-refractivity contribution in [2.75, 3.05) is 38.3 Å². The predicted octanol–water partition coefficient (Wildman–Crippen LogP) is 3.32. The second-order valence-electron chi connectivity index (χ2n) is 6.79. The van der Waals surface area contributed by atoms with E-state index in [4.69, 9.17) is 4.74 Å². The first-order chi connectivity index (χ1) is 12.7. The molecule has 1 N–H and O–H groups in total. The van der Waals surface area contributed by atoms with Gasteiger partial charge in [-0.15, -0.1) is 0 Å². The fourth-order valence-electron chi connectivity index (χ4n) is 3.69. The van der Waals surface area contributed by atoms with Crippen LogP contribution in [0.1, 0.15) is 29.3 Å². The van der Waals surface area contributed by atoms with Crippen LogP contribution < -0.4 is 10.2 Å². The third kappa shape index (κ3) is 3.81. The van der Waals surface area contributed by atoms with Gasteiger partial charge in [-0.2, -0.15) is 0 Å². The Labute approximate surface area is 156 Å². The minimum Gasteiger partial charge on any atom is -0.378 e. The van der Waals surface area contributed by atoms with Crippen LogP contribution in [0.15, 0.2) is 54.6 Å². The molecule has 2 aromatic rings. The van der Waals surface area contributed by atoms with E-state index >= 15 is 0 Å². The minimum atomic E-state index is -0.607. The molecular weight excluding hydrogens is 324 g/mol. The first-order valence-corrected chi connectivity index (χ1v) is 9.39. The van der Waals surface area contributed by atoms with Gasteiger partial charge >= 0.3 is 0 Å². The molecule has 138 valence electrons. The number of nitrogens with zero attached hydrogens (tertiary/aromatic N) is 1. The first-order valence-electron chi connectivity index (χ1n) is 9.39. The highest BCUT2D eigenvalue weighted by atomic mass is 16.5.